The number of aromatic nitrogens is 2. The summed E-state index contributed by atoms with van der Waals surface area (Å²) in [7, 11) is 0. The van der Waals surface area contributed by atoms with Crippen molar-refractivity contribution in [3.8, 4) is 0 Å². The summed E-state index contributed by atoms with van der Waals surface area (Å²) in [5, 5.41) is 3.25. The van der Waals surface area contributed by atoms with E-state index in [1.165, 1.54) is 16.2 Å². The first-order chi connectivity index (χ1) is 16.5. The second-order valence-corrected chi connectivity index (χ2v) is 9.40. The maximum absolute atomic E-state index is 13.3. The molecule has 1 fully saturated rings. The van der Waals surface area contributed by atoms with Gasteiger partial charge < -0.3 is 10.1 Å². The number of ether oxygens (including phenoxy) is 1. The number of nitrogens with zero attached hydrogens (tertiary/aromatic N) is 3. The minimum Gasteiger partial charge on any atom is -0.382 e. The van der Waals surface area contributed by atoms with E-state index in [1.807, 2.05) is 50.2 Å². The molecule has 3 aromatic rings. The van der Waals surface area contributed by atoms with Crippen molar-refractivity contribution in [3.63, 3.8) is 0 Å². The minimum absolute atomic E-state index is 0.216. The zero-order valence-electron chi connectivity index (χ0n) is 19.1. The van der Waals surface area contributed by atoms with Crippen LogP contribution < -0.4 is 10.9 Å². The Bertz CT molecular complexity index is 1290. The van der Waals surface area contributed by atoms with Crippen molar-refractivity contribution in [3.05, 3.63) is 81.1 Å². The predicted molar refractivity (Wildman–Crippen MR) is 141 cm³/mol. The number of benzene rings is 1. The van der Waals surface area contributed by atoms with Gasteiger partial charge in [0.15, 0.2) is 0 Å². The highest BCUT2D eigenvalue weighted by atomic mass is 32.2. The Morgan fingerprint density at radius 1 is 1.18 bits per heavy atom. The zero-order valence-corrected chi connectivity index (χ0v) is 20.7. The third-order valence-electron chi connectivity index (χ3n) is 5.50. The number of thioether (sulfide) groups is 1. The minimum atomic E-state index is -0.251. The first kappa shape index (κ1) is 24.1. The first-order valence-corrected chi connectivity index (χ1v) is 12.4. The molecule has 1 aromatic carbocycles. The van der Waals surface area contributed by atoms with E-state index in [0.717, 1.165) is 12.0 Å². The van der Waals surface area contributed by atoms with E-state index in [9.17, 15) is 9.59 Å². The van der Waals surface area contributed by atoms with E-state index in [4.69, 9.17) is 17.0 Å². The number of thiocarbonyl (C=S) groups is 1. The maximum Gasteiger partial charge on any atom is 0.267 e. The summed E-state index contributed by atoms with van der Waals surface area (Å²) in [5.41, 5.74) is 1.60. The third-order valence-corrected chi connectivity index (χ3v) is 6.83. The summed E-state index contributed by atoms with van der Waals surface area (Å²) in [6, 6.07) is 14.9. The van der Waals surface area contributed by atoms with Crippen molar-refractivity contribution in [2.75, 3.05) is 25.1 Å². The summed E-state index contributed by atoms with van der Waals surface area (Å²) in [6.45, 7) is 5.75. The van der Waals surface area contributed by atoms with Crippen LogP contribution in [0.3, 0.4) is 0 Å². The Morgan fingerprint density at radius 3 is 2.71 bits per heavy atom. The number of fused-ring (bicyclic) bond motifs is 1. The second-order valence-electron chi connectivity index (χ2n) is 7.72. The van der Waals surface area contributed by atoms with Crippen LogP contribution in [0.2, 0.25) is 0 Å². The molecule has 1 amide bonds. The predicted octanol–water partition coefficient (Wildman–Crippen LogP) is 4.50. The van der Waals surface area contributed by atoms with Crippen molar-refractivity contribution >= 4 is 51.7 Å². The molecule has 0 unspecified atom stereocenters. The van der Waals surface area contributed by atoms with Gasteiger partial charge in [-0.1, -0.05) is 60.4 Å². The number of amides is 1. The average Bonchev–Trinajstić information content (AvgIpc) is 3.13. The van der Waals surface area contributed by atoms with Crippen molar-refractivity contribution in [1.82, 2.24) is 14.3 Å². The van der Waals surface area contributed by atoms with Gasteiger partial charge in [0.1, 0.15) is 15.8 Å². The van der Waals surface area contributed by atoms with Gasteiger partial charge >= 0.3 is 0 Å². The van der Waals surface area contributed by atoms with Crippen LogP contribution in [-0.4, -0.2) is 44.3 Å². The molecule has 7 nitrogen and oxygen atoms in total. The molecule has 34 heavy (non-hydrogen) atoms. The van der Waals surface area contributed by atoms with E-state index in [2.05, 4.69) is 10.3 Å². The number of carbonyl (C=O) groups is 1. The van der Waals surface area contributed by atoms with Gasteiger partial charge in [0.05, 0.1) is 16.5 Å². The molecule has 0 saturated carbocycles. The maximum atomic E-state index is 13.3. The highest BCUT2D eigenvalue weighted by molar-refractivity contribution is 8.26. The van der Waals surface area contributed by atoms with Crippen LogP contribution in [0, 0.1) is 0 Å². The number of nitrogens with one attached hydrogen (secondary N) is 1. The van der Waals surface area contributed by atoms with Gasteiger partial charge in [-0.15, -0.1) is 0 Å². The van der Waals surface area contributed by atoms with E-state index >= 15 is 0 Å². The number of hydrogen-bond donors (Lipinski definition) is 1. The van der Waals surface area contributed by atoms with E-state index in [-0.39, 0.29) is 17.5 Å². The molecule has 1 atom stereocenters. The lowest BCUT2D eigenvalue weighted by Gasteiger charge is -2.23. The fraction of sp³-hybridized carbons (Fsp3) is 0.280. The summed E-state index contributed by atoms with van der Waals surface area (Å²) in [5.74, 6) is 0.222. The first-order valence-electron chi connectivity index (χ1n) is 11.2. The van der Waals surface area contributed by atoms with E-state index < -0.39 is 0 Å². The molecular formula is C25H26N4O3S2. The molecule has 0 aliphatic carbocycles. The van der Waals surface area contributed by atoms with Gasteiger partial charge in [-0.25, -0.2) is 4.98 Å². The van der Waals surface area contributed by atoms with Gasteiger partial charge in [-0.3, -0.25) is 18.9 Å². The van der Waals surface area contributed by atoms with Crippen LogP contribution >= 0.6 is 24.0 Å². The molecule has 0 spiro atoms. The van der Waals surface area contributed by atoms with Gasteiger partial charge in [-0.2, -0.15) is 0 Å². The molecule has 9 heteroatoms. The summed E-state index contributed by atoms with van der Waals surface area (Å²) < 4.78 is 7.34. The van der Waals surface area contributed by atoms with Gasteiger partial charge in [0.25, 0.3) is 11.5 Å². The van der Waals surface area contributed by atoms with Crippen LogP contribution in [-0.2, 0) is 9.53 Å². The van der Waals surface area contributed by atoms with Crippen molar-refractivity contribution in [2.45, 2.75) is 26.3 Å². The van der Waals surface area contributed by atoms with E-state index in [1.54, 1.807) is 29.3 Å². The number of rotatable bonds is 9. The highest BCUT2D eigenvalue weighted by Gasteiger charge is 2.36. The smallest absolute Gasteiger partial charge is 0.267 e. The number of carbonyl (C=O) groups excluding carboxylic acids is 1. The fourth-order valence-corrected chi connectivity index (χ4v) is 5.12. The summed E-state index contributed by atoms with van der Waals surface area (Å²) in [4.78, 5) is 33.3. The van der Waals surface area contributed by atoms with Gasteiger partial charge in [0.2, 0.25) is 0 Å². The van der Waals surface area contributed by atoms with Gasteiger partial charge in [0, 0.05) is 26.0 Å². The highest BCUT2D eigenvalue weighted by Crippen LogP contribution is 2.38. The lowest BCUT2D eigenvalue weighted by atomic mass is 10.1. The zero-order chi connectivity index (χ0) is 24.1. The molecule has 1 aliphatic heterocycles. The molecule has 1 saturated heterocycles. The summed E-state index contributed by atoms with van der Waals surface area (Å²) in [6.07, 6.45) is 4.04. The van der Waals surface area contributed by atoms with Crippen LogP contribution in [0.15, 0.2) is 64.4 Å². The van der Waals surface area contributed by atoms with Crippen LogP contribution in [0.25, 0.3) is 11.7 Å². The summed E-state index contributed by atoms with van der Waals surface area (Å²) >= 11 is 6.74. The molecule has 1 N–H and O–H groups in total. The normalized spacial score (nSPS) is 15.9. The lowest BCUT2D eigenvalue weighted by Crippen LogP contribution is -2.31. The third kappa shape index (κ3) is 5.06. The topological polar surface area (TPSA) is 75.9 Å². The number of hydrogen-bond acceptors (Lipinski definition) is 7. The van der Waals surface area contributed by atoms with Crippen LogP contribution in [0.1, 0.15) is 37.4 Å². The van der Waals surface area contributed by atoms with Crippen molar-refractivity contribution in [2.24, 2.45) is 0 Å². The molecule has 1 aliphatic rings. The number of pyridine rings is 1. The van der Waals surface area contributed by atoms with Crippen LogP contribution in [0.5, 0.6) is 0 Å². The Labute approximate surface area is 207 Å². The van der Waals surface area contributed by atoms with E-state index in [0.29, 0.717) is 46.0 Å². The molecule has 0 radical (unpaired) electrons. The average molecular weight is 495 g/mol. The Kier molecular flexibility index (Phi) is 7.77. The molecule has 0 bridgehead atoms. The molecule has 176 valence electrons. The molecular weight excluding hydrogens is 468 g/mol. The Morgan fingerprint density at radius 2 is 1.94 bits per heavy atom. The fourth-order valence-electron chi connectivity index (χ4n) is 3.72. The SMILES string of the molecule is CCOCCCNc1nc2ccccn2c(=O)c1/C=C1\SC(=S)N([C@H](C)c2ccccc2)C1=O. The van der Waals surface area contributed by atoms with Crippen LogP contribution in [0.4, 0.5) is 5.82 Å². The largest absolute Gasteiger partial charge is 0.382 e. The monoisotopic (exact) mass is 494 g/mol. The molecule has 3 heterocycles. The Hall–Kier alpha value is -3.01. The van der Waals surface area contributed by atoms with Crippen molar-refractivity contribution < 1.29 is 9.53 Å². The lowest BCUT2D eigenvalue weighted by molar-refractivity contribution is -0.123. The Balaban J connectivity index is 1.68. The van der Waals surface area contributed by atoms with Gasteiger partial charge in [-0.05, 0) is 44.0 Å². The number of anilines is 1. The second kappa shape index (κ2) is 10.9. The van der Waals surface area contributed by atoms with Crippen molar-refractivity contribution in [1.29, 1.82) is 0 Å². The molecule has 2 aromatic heterocycles. The molecule has 4 rings (SSSR count). The quantitative estimate of drug-likeness (QED) is 0.267. The standard InChI is InChI=1S/C25H26N4O3S2/c1-3-32-15-9-13-26-22-19(23(30)28-14-8-7-12-21(28)27-22)16-20-24(31)29(25(33)34-20)17(2)18-10-5-4-6-11-18/h4-8,10-12,14,16-17,26H,3,9,13,15H2,1-2H3/b20-16-/t17-/m1/s1.